The maximum absolute atomic E-state index is 12.3. The topological polar surface area (TPSA) is 67.2 Å². The highest BCUT2D eigenvalue weighted by Gasteiger charge is 2.17. The van der Waals surface area contributed by atoms with Gasteiger partial charge in [0.25, 0.3) is 0 Å². The molecule has 0 fully saturated rings. The molecule has 0 aliphatic rings. The normalized spacial score (nSPS) is 12.2. The summed E-state index contributed by atoms with van der Waals surface area (Å²) in [5, 5.41) is 9.78. The van der Waals surface area contributed by atoms with Gasteiger partial charge >= 0.3 is 0 Å². The smallest absolute Gasteiger partial charge is 0.248 e. The number of nitrogens with one attached hydrogen (secondary N) is 2. The van der Waals surface area contributed by atoms with E-state index in [-0.39, 0.29) is 11.9 Å². The Kier molecular flexibility index (Phi) is 5.20. The summed E-state index contributed by atoms with van der Waals surface area (Å²) in [5.74, 6) is 1.48. The molecular formula is C17H23N3O2. The monoisotopic (exact) mass is 301 g/mol. The number of nitrogens with zero attached hydrogens (tertiary/aromatic N) is 1. The van der Waals surface area contributed by atoms with Gasteiger partial charge in [0, 0.05) is 11.8 Å². The van der Waals surface area contributed by atoms with Crippen molar-refractivity contribution in [3.63, 3.8) is 0 Å². The van der Waals surface area contributed by atoms with Crippen LogP contribution in [0.1, 0.15) is 44.4 Å². The van der Waals surface area contributed by atoms with Crippen molar-refractivity contribution in [1.82, 2.24) is 5.16 Å². The van der Waals surface area contributed by atoms with Crippen molar-refractivity contribution >= 4 is 17.4 Å². The van der Waals surface area contributed by atoms with E-state index in [1.807, 2.05) is 19.1 Å². The van der Waals surface area contributed by atoms with Gasteiger partial charge in [-0.05, 0) is 37.0 Å². The van der Waals surface area contributed by atoms with Crippen LogP contribution in [0.2, 0.25) is 0 Å². The summed E-state index contributed by atoms with van der Waals surface area (Å²) in [5.41, 5.74) is 2.21. The number of aromatic nitrogens is 1. The van der Waals surface area contributed by atoms with Crippen LogP contribution in [0.5, 0.6) is 0 Å². The number of carbonyl (C=O) groups is 1. The maximum Gasteiger partial charge on any atom is 0.248 e. The van der Waals surface area contributed by atoms with Crippen molar-refractivity contribution in [1.29, 1.82) is 0 Å². The number of amides is 1. The Bertz CT molecular complexity index is 617. The zero-order chi connectivity index (χ0) is 16.1. The van der Waals surface area contributed by atoms with E-state index in [9.17, 15) is 4.79 Å². The summed E-state index contributed by atoms with van der Waals surface area (Å²) < 4.78 is 4.95. The quantitative estimate of drug-likeness (QED) is 0.848. The molecule has 1 amide bonds. The van der Waals surface area contributed by atoms with E-state index >= 15 is 0 Å². The molecule has 0 saturated heterocycles. The molecule has 0 bridgehead atoms. The number of benzene rings is 1. The van der Waals surface area contributed by atoms with Crippen molar-refractivity contribution < 1.29 is 9.32 Å². The Morgan fingerprint density at radius 1 is 1.27 bits per heavy atom. The van der Waals surface area contributed by atoms with Crippen molar-refractivity contribution in [2.45, 2.75) is 46.1 Å². The van der Waals surface area contributed by atoms with Gasteiger partial charge in [0.05, 0.1) is 0 Å². The average molecular weight is 301 g/mol. The second-order valence-electron chi connectivity index (χ2n) is 5.69. The summed E-state index contributed by atoms with van der Waals surface area (Å²) in [4.78, 5) is 12.3. The molecule has 1 aromatic carbocycles. The minimum atomic E-state index is -0.318. The molecule has 0 unspecified atom stereocenters. The standard InChI is InChI=1S/C17H23N3O2/c1-5-15(17(21)19-16-10-12(4)22-20-16)18-14-8-6-13(7-9-14)11(2)3/h6-11,15,18H,5H2,1-4H3,(H,19,20,21)/t15-/m0/s1. The number of hydrogen-bond acceptors (Lipinski definition) is 4. The molecule has 0 aliphatic carbocycles. The number of rotatable bonds is 6. The molecule has 2 rings (SSSR count). The molecule has 1 aromatic heterocycles. The summed E-state index contributed by atoms with van der Waals surface area (Å²) in [6, 6.07) is 9.55. The van der Waals surface area contributed by atoms with Crippen molar-refractivity contribution in [3.05, 3.63) is 41.7 Å². The highest BCUT2D eigenvalue weighted by molar-refractivity contribution is 5.95. The maximum atomic E-state index is 12.3. The summed E-state index contributed by atoms with van der Waals surface area (Å²) >= 11 is 0. The molecule has 0 aliphatic heterocycles. The lowest BCUT2D eigenvalue weighted by Crippen LogP contribution is -2.34. The molecule has 118 valence electrons. The van der Waals surface area contributed by atoms with Crippen LogP contribution in [0.25, 0.3) is 0 Å². The van der Waals surface area contributed by atoms with Crippen molar-refractivity contribution in [2.75, 3.05) is 10.6 Å². The van der Waals surface area contributed by atoms with Crippen LogP contribution in [0.3, 0.4) is 0 Å². The Labute approximate surface area is 131 Å². The third-order valence-corrected chi connectivity index (χ3v) is 3.52. The van der Waals surface area contributed by atoms with Gasteiger partial charge in [0.15, 0.2) is 5.82 Å². The van der Waals surface area contributed by atoms with Gasteiger partial charge in [-0.15, -0.1) is 0 Å². The Morgan fingerprint density at radius 3 is 2.45 bits per heavy atom. The highest BCUT2D eigenvalue weighted by atomic mass is 16.5. The first kappa shape index (κ1) is 16.1. The molecule has 2 aromatic rings. The molecule has 5 nitrogen and oxygen atoms in total. The molecule has 1 heterocycles. The first-order valence-corrected chi connectivity index (χ1v) is 7.60. The zero-order valence-electron chi connectivity index (χ0n) is 13.5. The number of anilines is 2. The summed E-state index contributed by atoms with van der Waals surface area (Å²) in [6.07, 6.45) is 0.675. The zero-order valence-corrected chi connectivity index (χ0v) is 13.5. The fourth-order valence-corrected chi connectivity index (χ4v) is 2.16. The summed E-state index contributed by atoms with van der Waals surface area (Å²) in [7, 11) is 0. The third-order valence-electron chi connectivity index (χ3n) is 3.52. The van der Waals surface area contributed by atoms with Gasteiger partial charge in [-0.1, -0.05) is 38.1 Å². The van der Waals surface area contributed by atoms with E-state index < -0.39 is 0 Å². The van der Waals surface area contributed by atoms with Crippen LogP contribution in [0, 0.1) is 6.92 Å². The Balaban J connectivity index is 2.00. The van der Waals surface area contributed by atoms with E-state index in [4.69, 9.17) is 4.52 Å². The van der Waals surface area contributed by atoms with E-state index in [0.717, 1.165) is 5.69 Å². The van der Waals surface area contributed by atoms with Crippen LogP contribution in [0.4, 0.5) is 11.5 Å². The van der Waals surface area contributed by atoms with Gasteiger partial charge in [-0.3, -0.25) is 4.79 Å². The van der Waals surface area contributed by atoms with Gasteiger partial charge in [0.1, 0.15) is 11.8 Å². The second-order valence-corrected chi connectivity index (χ2v) is 5.69. The van der Waals surface area contributed by atoms with E-state index in [0.29, 0.717) is 23.9 Å². The molecule has 0 radical (unpaired) electrons. The van der Waals surface area contributed by atoms with Gasteiger partial charge < -0.3 is 15.2 Å². The number of hydrogen-bond donors (Lipinski definition) is 2. The first-order chi connectivity index (χ1) is 10.5. The van der Waals surface area contributed by atoms with E-state index in [2.05, 4.69) is 41.8 Å². The molecule has 5 heteroatoms. The first-order valence-electron chi connectivity index (χ1n) is 7.60. The third kappa shape index (κ3) is 4.10. The minimum Gasteiger partial charge on any atom is -0.374 e. The van der Waals surface area contributed by atoms with Crippen LogP contribution in [-0.2, 0) is 4.79 Å². The lowest BCUT2D eigenvalue weighted by Gasteiger charge is -2.17. The fraction of sp³-hybridized carbons (Fsp3) is 0.412. The van der Waals surface area contributed by atoms with Crippen LogP contribution < -0.4 is 10.6 Å². The van der Waals surface area contributed by atoms with Gasteiger partial charge in [-0.25, -0.2) is 0 Å². The average Bonchev–Trinajstić information content (AvgIpc) is 2.90. The van der Waals surface area contributed by atoms with Gasteiger partial charge in [-0.2, -0.15) is 0 Å². The molecule has 22 heavy (non-hydrogen) atoms. The Hall–Kier alpha value is -2.30. The predicted octanol–water partition coefficient (Wildman–Crippen LogP) is 3.94. The number of aryl methyl sites for hydroxylation is 1. The van der Waals surface area contributed by atoms with Gasteiger partial charge in [0.2, 0.25) is 5.91 Å². The van der Waals surface area contributed by atoms with Crippen LogP contribution in [0.15, 0.2) is 34.9 Å². The van der Waals surface area contributed by atoms with Crippen molar-refractivity contribution in [3.8, 4) is 0 Å². The van der Waals surface area contributed by atoms with Crippen LogP contribution in [-0.4, -0.2) is 17.1 Å². The predicted molar refractivity (Wildman–Crippen MR) is 88.1 cm³/mol. The Morgan fingerprint density at radius 2 is 1.95 bits per heavy atom. The number of carbonyl (C=O) groups excluding carboxylic acids is 1. The van der Waals surface area contributed by atoms with E-state index in [1.165, 1.54) is 5.56 Å². The molecule has 1 atom stereocenters. The molecule has 0 saturated carbocycles. The fourth-order valence-electron chi connectivity index (χ4n) is 2.16. The molecule has 2 N–H and O–H groups in total. The minimum absolute atomic E-state index is 0.122. The van der Waals surface area contributed by atoms with Crippen LogP contribution >= 0.6 is 0 Å². The molecule has 0 spiro atoms. The molecular weight excluding hydrogens is 278 g/mol. The SMILES string of the molecule is CC[C@H](Nc1ccc(C(C)C)cc1)C(=O)Nc1cc(C)on1. The largest absolute Gasteiger partial charge is 0.374 e. The second kappa shape index (κ2) is 7.11. The summed E-state index contributed by atoms with van der Waals surface area (Å²) in [6.45, 7) is 8.07. The van der Waals surface area contributed by atoms with E-state index in [1.54, 1.807) is 13.0 Å². The van der Waals surface area contributed by atoms with Crippen molar-refractivity contribution in [2.24, 2.45) is 0 Å². The lowest BCUT2D eigenvalue weighted by molar-refractivity contribution is -0.117. The highest BCUT2D eigenvalue weighted by Crippen LogP contribution is 2.18. The lowest BCUT2D eigenvalue weighted by atomic mass is 10.0.